The van der Waals surface area contributed by atoms with Crippen molar-refractivity contribution >= 4 is 12.0 Å². The van der Waals surface area contributed by atoms with Gasteiger partial charge in [0.05, 0.1) is 13.2 Å². The minimum Gasteiger partial charge on any atom is -0.384 e. The molecular formula is C16H19N3O3. The van der Waals surface area contributed by atoms with E-state index in [-0.39, 0.29) is 12.5 Å². The van der Waals surface area contributed by atoms with Crippen LogP contribution in [0.25, 0.3) is 6.08 Å². The van der Waals surface area contributed by atoms with Crippen LogP contribution in [0.15, 0.2) is 40.9 Å². The molecule has 1 aromatic heterocycles. The molecule has 22 heavy (non-hydrogen) atoms. The molecule has 6 heteroatoms. The van der Waals surface area contributed by atoms with E-state index in [2.05, 4.69) is 10.1 Å². The molecule has 0 aliphatic carbocycles. The molecule has 0 radical (unpaired) electrons. The van der Waals surface area contributed by atoms with E-state index in [0.717, 1.165) is 5.56 Å². The summed E-state index contributed by atoms with van der Waals surface area (Å²) in [5.41, 5.74) is 0.976. The van der Waals surface area contributed by atoms with Crippen molar-refractivity contribution in [3.63, 3.8) is 0 Å². The quantitative estimate of drug-likeness (QED) is 0.731. The van der Waals surface area contributed by atoms with Gasteiger partial charge in [0, 0.05) is 26.7 Å². The highest BCUT2D eigenvalue weighted by atomic mass is 16.5. The normalized spacial score (nSPS) is 11.0. The molecule has 0 aliphatic heterocycles. The number of methoxy groups -OCH3 is 1. The predicted octanol–water partition coefficient (Wildman–Crippen LogP) is 1.93. The summed E-state index contributed by atoms with van der Waals surface area (Å²) in [5.74, 6) is 0.869. The summed E-state index contributed by atoms with van der Waals surface area (Å²) in [4.78, 5) is 17.8. The number of hydrogen-bond acceptors (Lipinski definition) is 5. The van der Waals surface area contributed by atoms with Gasteiger partial charge in [-0.3, -0.25) is 4.79 Å². The standard InChI is InChI=1S/C16H19N3O3/c1-19(12-15-17-14(18-22-15)10-11-21-2)16(20)9-8-13-6-4-3-5-7-13/h3-9H,10-12H2,1-2H3. The third-order valence-corrected chi connectivity index (χ3v) is 3.01. The molecule has 116 valence electrons. The van der Waals surface area contributed by atoms with Crippen LogP contribution in [-0.2, 0) is 22.5 Å². The smallest absolute Gasteiger partial charge is 0.246 e. The van der Waals surface area contributed by atoms with Gasteiger partial charge in [0.1, 0.15) is 0 Å². The number of benzene rings is 1. The van der Waals surface area contributed by atoms with E-state index in [1.165, 1.54) is 11.0 Å². The van der Waals surface area contributed by atoms with Crippen LogP contribution in [0.5, 0.6) is 0 Å². The Balaban J connectivity index is 1.88. The molecule has 0 aliphatic rings. The lowest BCUT2D eigenvalue weighted by atomic mass is 10.2. The van der Waals surface area contributed by atoms with Gasteiger partial charge in [0.2, 0.25) is 11.8 Å². The summed E-state index contributed by atoms with van der Waals surface area (Å²) >= 11 is 0. The topological polar surface area (TPSA) is 68.5 Å². The Labute approximate surface area is 129 Å². The van der Waals surface area contributed by atoms with E-state index < -0.39 is 0 Å². The zero-order valence-electron chi connectivity index (χ0n) is 12.7. The molecule has 2 aromatic rings. The maximum Gasteiger partial charge on any atom is 0.246 e. The molecule has 0 bridgehead atoms. The van der Waals surface area contributed by atoms with E-state index in [1.807, 2.05) is 30.3 Å². The molecule has 1 aromatic carbocycles. The van der Waals surface area contributed by atoms with E-state index >= 15 is 0 Å². The van der Waals surface area contributed by atoms with Crippen LogP contribution in [0.4, 0.5) is 0 Å². The summed E-state index contributed by atoms with van der Waals surface area (Å²) in [6, 6.07) is 9.65. The van der Waals surface area contributed by atoms with Gasteiger partial charge in [-0.25, -0.2) is 0 Å². The molecule has 0 atom stereocenters. The van der Waals surface area contributed by atoms with Crippen molar-refractivity contribution in [3.05, 3.63) is 53.7 Å². The Morgan fingerprint density at radius 1 is 1.36 bits per heavy atom. The van der Waals surface area contributed by atoms with E-state index in [9.17, 15) is 4.79 Å². The van der Waals surface area contributed by atoms with Crippen LogP contribution in [0.1, 0.15) is 17.3 Å². The summed E-state index contributed by atoms with van der Waals surface area (Å²) < 4.78 is 10.1. The molecule has 0 fully saturated rings. The van der Waals surface area contributed by atoms with Crippen LogP contribution in [-0.4, -0.2) is 41.7 Å². The van der Waals surface area contributed by atoms with Gasteiger partial charge in [-0.15, -0.1) is 0 Å². The van der Waals surface area contributed by atoms with E-state index in [1.54, 1.807) is 20.2 Å². The number of amides is 1. The first-order valence-corrected chi connectivity index (χ1v) is 6.97. The van der Waals surface area contributed by atoms with Gasteiger partial charge in [0.15, 0.2) is 5.82 Å². The number of ether oxygens (including phenoxy) is 1. The monoisotopic (exact) mass is 301 g/mol. The number of aromatic nitrogens is 2. The summed E-state index contributed by atoms with van der Waals surface area (Å²) in [5, 5.41) is 3.84. The van der Waals surface area contributed by atoms with Crippen molar-refractivity contribution in [1.29, 1.82) is 0 Å². The van der Waals surface area contributed by atoms with Crippen LogP contribution in [0.3, 0.4) is 0 Å². The number of carbonyl (C=O) groups excluding carboxylic acids is 1. The van der Waals surface area contributed by atoms with Crippen LogP contribution in [0.2, 0.25) is 0 Å². The molecule has 0 N–H and O–H groups in total. The Kier molecular flexibility index (Phi) is 5.85. The number of rotatable bonds is 7. The zero-order chi connectivity index (χ0) is 15.8. The minimum atomic E-state index is -0.125. The van der Waals surface area contributed by atoms with Gasteiger partial charge in [-0.05, 0) is 11.6 Å². The fraction of sp³-hybridized carbons (Fsp3) is 0.312. The molecule has 1 amide bonds. The minimum absolute atomic E-state index is 0.125. The second-order valence-electron chi connectivity index (χ2n) is 4.79. The third kappa shape index (κ3) is 4.82. The van der Waals surface area contributed by atoms with Crippen molar-refractivity contribution < 1.29 is 14.1 Å². The van der Waals surface area contributed by atoms with Crippen molar-refractivity contribution in [2.24, 2.45) is 0 Å². The number of nitrogens with zero attached hydrogens (tertiary/aromatic N) is 3. The maximum absolute atomic E-state index is 12.0. The molecule has 2 rings (SSSR count). The molecule has 0 unspecified atom stereocenters. The molecule has 0 saturated heterocycles. The van der Waals surface area contributed by atoms with Crippen LogP contribution >= 0.6 is 0 Å². The molecule has 6 nitrogen and oxygen atoms in total. The Morgan fingerprint density at radius 3 is 2.86 bits per heavy atom. The largest absolute Gasteiger partial charge is 0.384 e. The van der Waals surface area contributed by atoms with Gasteiger partial charge in [0.25, 0.3) is 0 Å². The van der Waals surface area contributed by atoms with Crippen molar-refractivity contribution in [2.45, 2.75) is 13.0 Å². The van der Waals surface area contributed by atoms with Gasteiger partial charge in [-0.2, -0.15) is 4.98 Å². The summed E-state index contributed by atoms with van der Waals surface area (Å²) in [6.07, 6.45) is 3.89. The summed E-state index contributed by atoms with van der Waals surface area (Å²) in [7, 11) is 3.31. The highest BCUT2D eigenvalue weighted by Gasteiger charge is 2.11. The lowest BCUT2D eigenvalue weighted by Crippen LogP contribution is -2.24. The van der Waals surface area contributed by atoms with Crippen molar-refractivity contribution in [3.8, 4) is 0 Å². The summed E-state index contributed by atoms with van der Waals surface area (Å²) in [6.45, 7) is 0.811. The van der Waals surface area contributed by atoms with Gasteiger partial charge >= 0.3 is 0 Å². The average Bonchev–Trinajstić information content (AvgIpc) is 2.99. The maximum atomic E-state index is 12.0. The number of likely N-dealkylation sites (N-methyl/N-ethyl adjacent to an activating group) is 1. The Hall–Kier alpha value is -2.47. The second-order valence-corrected chi connectivity index (χ2v) is 4.79. The molecule has 0 spiro atoms. The molecular weight excluding hydrogens is 282 g/mol. The zero-order valence-corrected chi connectivity index (χ0v) is 12.7. The van der Waals surface area contributed by atoms with E-state index in [4.69, 9.17) is 9.26 Å². The Morgan fingerprint density at radius 2 is 2.14 bits per heavy atom. The fourth-order valence-corrected chi connectivity index (χ4v) is 1.79. The fourth-order valence-electron chi connectivity index (χ4n) is 1.79. The first-order valence-electron chi connectivity index (χ1n) is 6.97. The molecule has 0 saturated carbocycles. The van der Waals surface area contributed by atoms with Crippen molar-refractivity contribution in [1.82, 2.24) is 15.0 Å². The van der Waals surface area contributed by atoms with Gasteiger partial charge in [-0.1, -0.05) is 35.5 Å². The lowest BCUT2D eigenvalue weighted by Gasteiger charge is -2.11. The first kappa shape index (κ1) is 15.9. The third-order valence-electron chi connectivity index (χ3n) is 3.01. The van der Waals surface area contributed by atoms with Gasteiger partial charge < -0.3 is 14.2 Å². The van der Waals surface area contributed by atoms with Crippen molar-refractivity contribution in [2.75, 3.05) is 20.8 Å². The SMILES string of the molecule is COCCc1noc(CN(C)C(=O)C=Cc2ccccc2)n1. The second kappa shape index (κ2) is 8.09. The average molecular weight is 301 g/mol. The number of carbonyl (C=O) groups is 1. The Bertz CT molecular complexity index is 623. The van der Waals surface area contributed by atoms with E-state index in [0.29, 0.717) is 24.7 Å². The molecule has 1 heterocycles. The van der Waals surface area contributed by atoms with Crippen LogP contribution in [0, 0.1) is 0 Å². The lowest BCUT2D eigenvalue weighted by molar-refractivity contribution is -0.125. The first-order chi connectivity index (χ1) is 10.7. The number of hydrogen-bond donors (Lipinski definition) is 0. The predicted molar refractivity (Wildman–Crippen MR) is 81.8 cm³/mol. The highest BCUT2D eigenvalue weighted by molar-refractivity contribution is 5.91. The highest BCUT2D eigenvalue weighted by Crippen LogP contribution is 2.05. The van der Waals surface area contributed by atoms with Crippen LogP contribution < -0.4 is 0 Å².